The number of carbonyl (C=O) groups excluding carboxylic acids is 1. The zero-order valence-electron chi connectivity index (χ0n) is 19.6. The van der Waals surface area contributed by atoms with Crippen LogP contribution in [0.2, 0.25) is 0 Å². The van der Waals surface area contributed by atoms with Crippen molar-refractivity contribution in [1.82, 2.24) is 25.2 Å². The molecule has 1 N–H and O–H groups in total. The van der Waals surface area contributed by atoms with Crippen LogP contribution in [0.25, 0.3) is 11.3 Å². The first-order chi connectivity index (χ1) is 17.0. The van der Waals surface area contributed by atoms with E-state index in [4.69, 9.17) is 14.0 Å². The molecule has 180 valence electrons. The van der Waals surface area contributed by atoms with E-state index in [2.05, 4.69) is 20.6 Å². The van der Waals surface area contributed by atoms with Crippen molar-refractivity contribution >= 4 is 5.91 Å². The highest BCUT2D eigenvalue weighted by atomic mass is 16.5. The molecule has 0 atom stereocenters. The van der Waals surface area contributed by atoms with E-state index in [1.54, 1.807) is 20.3 Å². The van der Waals surface area contributed by atoms with Crippen molar-refractivity contribution in [1.29, 1.82) is 0 Å². The van der Waals surface area contributed by atoms with Crippen LogP contribution in [0, 0.1) is 6.92 Å². The van der Waals surface area contributed by atoms with Gasteiger partial charge in [-0.1, -0.05) is 41.1 Å². The molecule has 0 bridgehead atoms. The van der Waals surface area contributed by atoms with Gasteiger partial charge in [0.2, 0.25) is 0 Å². The number of amides is 1. The van der Waals surface area contributed by atoms with Crippen molar-refractivity contribution < 1.29 is 18.8 Å². The quantitative estimate of drug-likeness (QED) is 0.392. The zero-order valence-corrected chi connectivity index (χ0v) is 19.6. The van der Waals surface area contributed by atoms with Crippen molar-refractivity contribution in [2.45, 2.75) is 19.9 Å². The average molecular weight is 476 g/mol. The van der Waals surface area contributed by atoms with Crippen LogP contribution >= 0.6 is 0 Å². The van der Waals surface area contributed by atoms with Crippen molar-refractivity contribution in [3.05, 3.63) is 87.8 Å². The van der Waals surface area contributed by atoms with Gasteiger partial charge in [-0.25, -0.2) is 4.68 Å². The number of hydrogen-bond donors (Lipinski definition) is 1. The predicted molar refractivity (Wildman–Crippen MR) is 128 cm³/mol. The van der Waals surface area contributed by atoms with E-state index in [1.165, 1.54) is 10.7 Å². The average Bonchev–Trinajstić information content (AvgIpc) is 3.34. The molecule has 0 radical (unpaired) electrons. The normalized spacial score (nSPS) is 10.7. The second-order valence-corrected chi connectivity index (χ2v) is 7.79. The summed E-state index contributed by atoms with van der Waals surface area (Å²) in [6.45, 7) is 2.32. The maximum absolute atomic E-state index is 12.4. The highest BCUT2D eigenvalue weighted by molar-refractivity contribution is 5.89. The smallest absolute Gasteiger partial charge is 0.316 e. The highest BCUT2D eigenvalue weighted by Crippen LogP contribution is 2.27. The lowest BCUT2D eigenvalue weighted by atomic mass is 10.1. The van der Waals surface area contributed by atoms with Gasteiger partial charge in [-0.05, 0) is 37.1 Å². The van der Waals surface area contributed by atoms with Gasteiger partial charge in [-0.2, -0.15) is 10.1 Å². The molecule has 2 aromatic carbocycles. The number of rotatable bonds is 9. The Hall–Kier alpha value is -4.47. The van der Waals surface area contributed by atoms with Gasteiger partial charge in [-0.15, -0.1) is 0 Å². The Kier molecular flexibility index (Phi) is 7.20. The largest absolute Gasteiger partial charge is 0.493 e. The van der Waals surface area contributed by atoms with E-state index < -0.39 is 5.91 Å². The van der Waals surface area contributed by atoms with E-state index in [-0.39, 0.29) is 23.8 Å². The Morgan fingerprint density at radius 1 is 1.03 bits per heavy atom. The summed E-state index contributed by atoms with van der Waals surface area (Å²) in [6, 6.07) is 16.5. The van der Waals surface area contributed by atoms with Gasteiger partial charge in [0, 0.05) is 18.2 Å². The molecular weight excluding hydrogens is 450 g/mol. The summed E-state index contributed by atoms with van der Waals surface area (Å²) in [5.74, 6) is 0.739. The number of aryl methyl sites for hydroxylation is 1. The molecule has 0 aliphatic carbocycles. The summed E-state index contributed by atoms with van der Waals surface area (Å²) in [4.78, 5) is 28.8. The first-order valence-corrected chi connectivity index (χ1v) is 10.9. The maximum atomic E-state index is 12.4. The molecule has 1 amide bonds. The molecule has 0 saturated heterocycles. The Bertz CT molecular complexity index is 1380. The number of benzene rings is 2. The fourth-order valence-electron chi connectivity index (χ4n) is 3.42. The first kappa shape index (κ1) is 23.7. The molecule has 0 spiro atoms. The van der Waals surface area contributed by atoms with Crippen LogP contribution in [0.15, 0.2) is 63.9 Å². The number of ether oxygens (including phenoxy) is 2. The standard InChI is InChI=1S/C25H25N5O5/c1-16-4-7-18(8-5-16)19-9-11-23(31)30(28-19)15-22-27-25(35-29-22)24(32)26-13-12-17-6-10-20(33-2)21(14-17)34-3/h4-11,14H,12-13,15H2,1-3H3,(H,26,32). The number of nitrogens with one attached hydrogen (secondary N) is 1. The Balaban J connectivity index is 1.38. The molecule has 10 heteroatoms. The fraction of sp³-hybridized carbons (Fsp3) is 0.240. The summed E-state index contributed by atoms with van der Waals surface area (Å²) >= 11 is 0. The van der Waals surface area contributed by atoms with E-state index in [0.717, 1.165) is 16.7 Å². The van der Waals surface area contributed by atoms with Gasteiger partial charge in [0.25, 0.3) is 5.56 Å². The van der Waals surface area contributed by atoms with Gasteiger partial charge in [0.15, 0.2) is 17.3 Å². The number of nitrogens with zero attached hydrogens (tertiary/aromatic N) is 4. The second-order valence-electron chi connectivity index (χ2n) is 7.79. The Morgan fingerprint density at radius 3 is 2.54 bits per heavy atom. The van der Waals surface area contributed by atoms with Gasteiger partial charge in [0.1, 0.15) is 6.54 Å². The van der Waals surface area contributed by atoms with Crippen LogP contribution in [0.5, 0.6) is 11.5 Å². The van der Waals surface area contributed by atoms with Crippen LogP contribution in [0.3, 0.4) is 0 Å². The van der Waals surface area contributed by atoms with Crippen LogP contribution < -0.4 is 20.3 Å². The summed E-state index contributed by atoms with van der Waals surface area (Å²) < 4.78 is 16.8. The minimum Gasteiger partial charge on any atom is -0.493 e. The van der Waals surface area contributed by atoms with Crippen molar-refractivity contribution in [2.75, 3.05) is 20.8 Å². The fourth-order valence-corrected chi connectivity index (χ4v) is 3.42. The van der Waals surface area contributed by atoms with Gasteiger partial charge in [0.05, 0.1) is 19.9 Å². The summed E-state index contributed by atoms with van der Waals surface area (Å²) in [7, 11) is 3.14. The molecule has 2 heterocycles. The molecule has 10 nitrogen and oxygen atoms in total. The third kappa shape index (κ3) is 5.72. The SMILES string of the molecule is COc1ccc(CCNC(=O)c2nc(Cn3nc(-c4ccc(C)cc4)ccc3=O)no2)cc1OC. The van der Waals surface area contributed by atoms with Crippen molar-refractivity contribution in [2.24, 2.45) is 0 Å². The monoisotopic (exact) mass is 475 g/mol. The van der Waals surface area contributed by atoms with Gasteiger partial charge < -0.3 is 19.3 Å². The Morgan fingerprint density at radius 2 is 1.80 bits per heavy atom. The molecule has 35 heavy (non-hydrogen) atoms. The third-order valence-electron chi connectivity index (χ3n) is 5.31. The third-order valence-corrected chi connectivity index (χ3v) is 5.31. The molecule has 0 aliphatic heterocycles. The van der Waals surface area contributed by atoms with Crippen LogP contribution in [-0.2, 0) is 13.0 Å². The molecule has 0 saturated carbocycles. The molecular formula is C25H25N5O5. The minimum atomic E-state index is -0.502. The molecule has 0 unspecified atom stereocenters. The summed E-state index contributed by atoms with van der Waals surface area (Å²) in [5.41, 5.74) is 3.30. The number of aromatic nitrogens is 4. The minimum absolute atomic E-state index is 0.0268. The molecule has 4 rings (SSSR count). The van der Waals surface area contributed by atoms with E-state index in [1.807, 2.05) is 49.4 Å². The molecule has 2 aromatic heterocycles. The van der Waals surface area contributed by atoms with Crippen molar-refractivity contribution in [3.8, 4) is 22.8 Å². The van der Waals surface area contributed by atoms with Gasteiger partial charge in [-0.3, -0.25) is 9.59 Å². The molecule has 0 fully saturated rings. The predicted octanol–water partition coefficient (Wildman–Crippen LogP) is 2.64. The molecule has 0 aliphatic rings. The zero-order chi connectivity index (χ0) is 24.8. The number of methoxy groups -OCH3 is 2. The van der Waals surface area contributed by atoms with E-state index >= 15 is 0 Å². The molecule has 4 aromatic rings. The lowest BCUT2D eigenvalue weighted by Gasteiger charge is -2.09. The lowest BCUT2D eigenvalue weighted by Crippen LogP contribution is -2.26. The second kappa shape index (κ2) is 10.6. The van der Waals surface area contributed by atoms with E-state index in [0.29, 0.717) is 30.2 Å². The highest BCUT2D eigenvalue weighted by Gasteiger charge is 2.16. The van der Waals surface area contributed by atoms with Crippen molar-refractivity contribution in [3.63, 3.8) is 0 Å². The van der Waals surface area contributed by atoms with Crippen LogP contribution in [-0.4, -0.2) is 46.6 Å². The first-order valence-electron chi connectivity index (χ1n) is 10.9. The summed E-state index contributed by atoms with van der Waals surface area (Å²) in [6.07, 6.45) is 0.568. The maximum Gasteiger partial charge on any atom is 0.316 e. The topological polar surface area (TPSA) is 121 Å². The van der Waals surface area contributed by atoms with Gasteiger partial charge >= 0.3 is 11.8 Å². The number of hydrogen-bond acceptors (Lipinski definition) is 8. The van der Waals surface area contributed by atoms with Crippen LogP contribution in [0.4, 0.5) is 0 Å². The van der Waals surface area contributed by atoms with Crippen LogP contribution in [0.1, 0.15) is 27.6 Å². The number of carbonyl (C=O) groups is 1. The summed E-state index contributed by atoms with van der Waals surface area (Å²) in [5, 5.41) is 11.0. The Labute approximate surface area is 201 Å². The van der Waals surface area contributed by atoms with E-state index in [9.17, 15) is 9.59 Å². The lowest BCUT2D eigenvalue weighted by molar-refractivity contribution is 0.0910.